The third kappa shape index (κ3) is 1.80. The van der Waals surface area contributed by atoms with Crippen LogP contribution in [-0.2, 0) is 0 Å². The number of nitrogens with zero attached hydrogens (tertiary/aromatic N) is 2. The van der Waals surface area contributed by atoms with Crippen LogP contribution in [0.3, 0.4) is 0 Å². The van der Waals surface area contributed by atoms with Crippen LogP contribution < -0.4 is 10.2 Å². The number of benzene rings is 1. The van der Waals surface area contributed by atoms with Crippen molar-refractivity contribution in [3.8, 4) is 0 Å². The topological polar surface area (TPSA) is 28.2 Å². The molecule has 4 rings (SSSR count). The molecule has 0 aliphatic carbocycles. The fraction of sp³-hybridized carbons (Fsp3) is 0.471. The molecule has 0 amide bonds. The predicted octanol–water partition coefficient (Wildman–Crippen LogP) is 2.95. The van der Waals surface area contributed by atoms with Crippen molar-refractivity contribution in [2.45, 2.75) is 43.8 Å². The van der Waals surface area contributed by atoms with Gasteiger partial charge in [-0.2, -0.15) is 0 Å². The Labute approximate surface area is 120 Å². The van der Waals surface area contributed by atoms with Crippen LogP contribution in [0.4, 0.5) is 5.69 Å². The lowest BCUT2D eigenvalue weighted by Crippen LogP contribution is -2.48. The maximum absolute atomic E-state index is 4.25. The van der Waals surface area contributed by atoms with Gasteiger partial charge in [-0.25, -0.2) is 0 Å². The van der Waals surface area contributed by atoms with Gasteiger partial charge in [0.15, 0.2) is 0 Å². The highest BCUT2D eigenvalue weighted by Crippen LogP contribution is 2.41. The van der Waals surface area contributed by atoms with Crippen LogP contribution in [0.5, 0.6) is 0 Å². The number of hydrogen-bond donors (Lipinski definition) is 1. The number of hydrogen-bond acceptors (Lipinski definition) is 3. The summed E-state index contributed by atoms with van der Waals surface area (Å²) in [4.78, 5) is 6.94. The van der Waals surface area contributed by atoms with Gasteiger partial charge in [0.2, 0.25) is 0 Å². The number of nitrogens with one attached hydrogen (secondary N) is 1. The summed E-state index contributed by atoms with van der Waals surface area (Å²) in [5.74, 6) is 0. The molecule has 2 bridgehead atoms. The maximum atomic E-state index is 4.25. The van der Waals surface area contributed by atoms with Gasteiger partial charge in [-0.1, -0.05) is 12.1 Å². The van der Waals surface area contributed by atoms with Gasteiger partial charge in [0, 0.05) is 47.0 Å². The van der Waals surface area contributed by atoms with E-state index in [4.69, 9.17) is 0 Å². The maximum Gasteiger partial charge on any atom is 0.0452 e. The van der Waals surface area contributed by atoms with Crippen LogP contribution >= 0.6 is 0 Å². The summed E-state index contributed by atoms with van der Waals surface area (Å²) >= 11 is 0. The average Bonchev–Trinajstić information content (AvgIpc) is 2.76. The van der Waals surface area contributed by atoms with Gasteiger partial charge in [0.25, 0.3) is 0 Å². The lowest BCUT2D eigenvalue weighted by molar-refractivity contribution is 0.374. The number of aromatic nitrogens is 1. The summed E-state index contributed by atoms with van der Waals surface area (Å²) in [6.45, 7) is 0. The largest absolute Gasteiger partial charge is 0.365 e. The van der Waals surface area contributed by atoms with E-state index in [1.165, 1.54) is 42.1 Å². The van der Waals surface area contributed by atoms with Crippen molar-refractivity contribution in [2.75, 3.05) is 11.9 Å². The summed E-state index contributed by atoms with van der Waals surface area (Å²) in [6.07, 6.45) is 9.10. The molecule has 0 saturated carbocycles. The van der Waals surface area contributed by atoms with E-state index in [0.717, 1.165) is 0 Å². The molecule has 0 radical (unpaired) electrons. The lowest BCUT2D eigenvalue weighted by Gasteiger charge is -2.41. The molecular formula is C17H21N3. The van der Waals surface area contributed by atoms with Gasteiger partial charge >= 0.3 is 0 Å². The first-order valence-corrected chi connectivity index (χ1v) is 7.65. The second-order valence-electron chi connectivity index (χ2n) is 6.12. The molecule has 2 atom stereocenters. The van der Waals surface area contributed by atoms with Gasteiger partial charge < -0.3 is 10.2 Å². The molecule has 0 spiro atoms. The number of piperidine rings is 1. The molecule has 1 N–H and O–H groups in total. The molecule has 2 fully saturated rings. The van der Waals surface area contributed by atoms with Gasteiger partial charge in [0.05, 0.1) is 0 Å². The third-order valence-electron chi connectivity index (χ3n) is 5.08. The predicted molar refractivity (Wildman–Crippen MR) is 83.1 cm³/mol. The van der Waals surface area contributed by atoms with Gasteiger partial charge in [-0.3, -0.25) is 4.98 Å². The van der Waals surface area contributed by atoms with Crippen molar-refractivity contribution >= 4 is 16.5 Å². The molecule has 3 heteroatoms. The second-order valence-corrected chi connectivity index (χ2v) is 6.12. The van der Waals surface area contributed by atoms with Crippen molar-refractivity contribution in [2.24, 2.45) is 0 Å². The van der Waals surface area contributed by atoms with Crippen LogP contribution in [0, 0.1) is 0 Å². The smallest absolute Gasteiger partial charge is 0.0452 e. The Morgan fingerprint density at radius 2 is 1.95 bits per heavy atom. The zero-order valence-corrected chi connectivity index (χ0v) is 11.9. The Balaban J connectivity index is 1.77. The highest BCUT2D eigenvalue weighted by Gasteiger charge is 2.40. The summed E-state index contributed by atoms with van der Waals surface area (Å²) < 4.78 is 0. The summed E-state index contributed by atoms with van der Waals surface area (Å²) in [6, 6.07) is 10.9. The number of fused-ring (bicyclic) bond motifs is 3. The average molecular weight is 267 g/mol. The Hall–Kier alpha value is -1.61. The molecule has 104 valence electrons. The number of rotatable bonds is 2. The van der Waals surface area contributed by atoms with Crippen molar-refractivity contribution < 1.29 is 0 Å². The Morgan fingerprint density at radius 3 is 2.70 bits per heavy atom. The van der Waals surface area contributed by atoms with Crippen molar-refractivity contribution in [3.63, 3.8) is 0 Å². The van der Waals surface area contributed by atoms with E-state index in [-0.39, 0.29) is 0 Å². The van der Waals surface area contributed by atoms with E-state index < -0.39 is 0 Å². The Bertz CT molecular complexity index is 605. The van der Waals surface area contributed by atoms with Gasteiger partial charge in [-0.05, 0) is 44.9 Å². The molecular weight excluding hydrogens is 246 g/mol. The van der Waals surface area contributed by atoms with Gasteiger partial charge in [-0.15, -0.1) is 0 Å². The van der Waals surface area contributed by atoms with Crippen LogP contribution in [0.15, 0.2) is 36.7 Å². The molecule has 2 unspecified atom stereocenters. The van der Waals surface area contributed by atoms with E-state index >= 15 is 0 Å². The highest BCUT2D eigenvalue weighted by atomic mass is 15.2. The van der Waals surface area contributed by atoms with Crippen molar-refractivity contribution in [3.05, 3.63) is 36.7 Å². The fourth-order valence-corrected chi connectivity index (χ4v) is 4.14. The summed E-state index contributed by atoms with van der Waals surface area (Å²) in [5, 5.41) is 6.08. The molecule has 3 nitrogen and oxygen atoms in total. The minimum Gasteiger partial charge on any atom is -0.365 e. The summed E-state index contributed by atoms with van der Waals surface area (Å²) in [5.41, 5.74) is 1.41. The number of pyridine rings is 1. The molecule has 2 aromatic rings. The monoisotopic (exact) mass is 267 g/mol. The minimum absolute atomic E-state index is 0.695. The first-order valence-electron chi connectivity index (χ1n) is 7.65. The third-order valence-corrected chi connectivity index (χ3v) is 5.08. The zero-order chi connectivity index (χ0) is 13.5. The molecule has 3 heterocycles. The SMILES string of the molecule is CNC1CC2CCC(C1)N2c1cccc2cnccc12. The normalized spacial score (nSPS) is 29.1. The Morgan fingerprint density at radius 1 is 1.15 bits per heavy atom. The summed E-state index contributed by atoms with van der Waals surface area (Å²) in [7, 11) is 2.10. The molecule has 1 aromatic heterocycles. The van der Waals surface area contributed by atoms with Crippen LogP contribution in [0.2, 0.25) is 0 Å². The van der Waals surface area contributed by atoms with Crippen LogP contribution in [0.25, 0.3) is 10.8 Å². The molecule has 2 saturated heterocycles. The first-order chi connectivity index (χ1) is 9.86. The second kappa shape index (κ2) is 4.74. The minimum atomic E-state index is 0.695. The number of anilines is 1. The van der Waals surface area contributed by atoms with E-state index in [1.54, 1.807) is 0 Å². The highest BCUT2D eigenvalue weighted by molar-refractivity contribution is 5.94. The zero-order valence-electron chi connectivity index (χ0n) is 11.9. The van der Waals surface area contributed by atoms with Crippen molar-refractivity contribution in [1.29, 1.82) is 0 Å². The first kappa shape index (κ1) is 12.2. The standard InChI is InChI=1S/C17H21N3/c1-18-13-9-14-5-6-15(10-13)20(14)17-4-2-3-12-11-19-8-7-16(12)17/h2-4,7-8,11,13-15,18H,5-6,9-10H2,1H3. The van der Waals surface area contributed by atoms with E-state index in [9.17, 15) is 0 Å². The van der Waals surface area contributed by atoms with E-state index in [1.807, 2.05) is 12.4 Å². The van der Waals surface area contributed by atoms with Crippen molar-refractivity contribution in [1.82, 2.24) is 10.3 Å². The molecule has 1 aromatic carbocycles. The fourth-order valence-electron chi connectivity index (χ4n) is 4.14. The quantitative estimate of drug-likeness (QED) is 0.906. The van der Waals surface area contributed by atoms with E-state index in [2.05, 4.69) is 46.5 Å². The molecule has 20 heavy (non-hydrogen) atoms. The molecule has 2 aliphatic rings. The lowest BCUT2D eigenvalue weighted by atomic mass is 9.96. The van der Waals surface area contributed by atoms with Crippen LogP contribution in [-0.4, -0.2) is 30.2 Å². The molecule has 2 aliphatic heterocycles. The van der Waals surface area contributed by atoms with Gasteiger partial charge in [0.1, 0.15) is 0 Å². The van der Waals surface area contributed by atoms with Crippen LogP contribution in [0.1, 0.15) is 25.7 Å². The van der Waals surface area contributed by atoms with E-state index in [0.29, 0.717) is 18.1 Å². The Kier molecular flexibility index (Phi) is 2.88.